The van der Waals surface area contributed by atoms with E-state index < -0.39 is 12.1 Å². The molecule has 1 aliphatic rings. The first-order valence-corrected chi connectivity index (χ1v) is 15.2. The number of nitrogens with one attached hydrogen (secondary N) is 3. The number of hydrogen-bond donors (Lipinski definition) is 3. The molecule has 1 aliphatic heterocycles. The number of imide groups is 1. The largest absolute Gasteiger partial charge is 0.343 e. The van der Waals surface area contributed by atoms with Crippen molar-refractivity contribution in [2.45, 2.75) is 64.5 Å². The van der Waals surface area contributed by atoms with Crippen molar-refractivity contribution in [2.24, 2.45) is 5.92 Å². The van der Waals surface area contributed by atoms with Gasteiger partial charge in [-0.25, -0.2) is 0 Å². The third-order valence-corrected chi connectivity index (χ3v) is 7.59. The van der Waals surface area contributed by atoms with Gasteiger partial charge in [0.2, 0.25) is 11.8 Å². The van der Waals surface area contributed by atoms with Crippen LogP contribution in [-0.4, -0.2) is 53.7 Å². The normalized spacial score (nSPS) is 14.0. The molecule has 3 aromatic carbocycles. The van der Waals surface area contributed by atoms with Gasteiger partial charge in [-0.1, -0.05) is 80.9 Å². The second-order valence-electron chi connectivity index (χ2n) is 11.4. The third-order valence-electron chi connectivity index (χ3n) is 7.59. The first-order valence-electron chi connectivity index (χ1n) is 15.2. The van der Waals surface area contributed by atoms with Gasteiger partial charge in [0.05, 0.1) is 17.2 Å². The molecule has 43 heavy (non-hydrogen) atoms. The molecule has 0 bridgehead atoms. The van der Waals surface area contributed by atoms with Gasteiger partial charge in [0.1, 0.15) is 6.04 Å². The van der Waals surface area contributed by atoms with Gasteiger partial charge >= 0.3 is 0 Å². The van der Waals surface area contributed by atoms with E-state index in [4.69, 9.17) is 0 Å². The molecule has 0 radical (unpaired) electrons. The Morgan fingerprint density at radius 1 is 0.721 bits per heavy atom. The molecule has 1 heterocycles. The lowest BCUT2D eigenvalue weighted by Crippen LogP contribution is -2.52. The fourth-order valence-corrected chi connectivity index (χ4v) is 5.30. The Labute approximate surface area is 254 Å². The monoisotopic (exact) mass is 582 g/mol. The average Bonchev–Trinajstić information content (AvgIpc) is 3.25. The topological polar surface area (TPSA) is 108 Å². The Morgan fingerprint density at radius 3 is 1.95 bits per heavy atom. The van der Waals surface area contributed by atoms with Gasteiger partial charge in [-0.05, 0) is 74.4 Å². The Bertz CT molecular complexity index is 1340. The van der Waals surface area contributed by atoms with Crippen LogP contribution in [-0.2, 0) is 16.0 Å². The van der Waals surface area contributed by atoms with Crippen molar-refractivity contribution in [1.29, 1.82) is 0 Å². The minimum Gasteiger partial charge on any atom is -0.343 e. The molecule has 0 saturated carbocycles. The standard InChI is InChI=1S/C35H42N4O4/c1-25(2)24-31(33(41)37-27-16-8-4-9-17-27)38-32(40)30(21-20-26-14-6-3-7-15-26)36-22-12-5-13-23-39-34(42)28-18-10-11-19-29(28)35(39)43/h3-4,6-11,14-19,25,30-31,36H,5,12-13,20-24H2,1-2H3,(H,37,41)(H,38,40)/t30-,31-/m0/s1. The lowest BCUT2D eigenvalue weighted by molar-refractivity contribution is -0.128. The summed E-state index contributed by atoms with van der Waals surface area (Å²) in [4.78, 5) is 53.2. The van der Waals surface area contributed by atoms with Gasteiger partial charge in [0.15, 0.2) is 0 Å². The summed E-state index contributed by atoms with van der Waals surface area (Å²) in [6, 6.07) is 25.1. The molecular weight excluding hydrogens is 540 g/mol. The van der Waals surface area contributed by atoms with Crippen LogP contribution in [0.5, 0.6) is 0 Å². The molecule has 4 amide bonds. The van der Waals surface area contributed by atoms with Crippen LogP contribution in [0.4, 0.5) is 5.69 Å². The maximum atomic E-state index is 13.6. The van der Waals surface area contributed by atoms with Crippen LogP contribution in [0.15, 0.2) is 84.9 Å². The van der Waals surface area contributed by atoms with Gasteiger partial charge < -0.3 is 16.0 Å². The van der Waals surface area contributed by atoms with Crippen molar-refractivity contribution < 1.29 is 19.2 Å². The Morgan fingerprint density at radius 2 is 1.33 bits per heavy atom. The molecule has 0 unspecified atom stereocenters. The van der Waals surface area contributed by atoms with Gasteiger partial charge in [-0.2, -0.15) is 0 Å². The van der Waals surface area contributed by atoms with Crippen LogP contribution in [0, 0.1) is 5.92 Å². The minimum atomic E-state index is -0.659. The summed E-state index contributed by atoms with van der Waals surface area (Å²) in [5.41, 5.74) is 2.77. The highest BCUT2D eigenvalue weighted by atomic mass is 16.2. The lowest BCUT2D eigenvalue weighted by atomic mass is 10.0. The van der Waals surface area contributed by atoms with Crippen LogP contribution in [0.25, 0.3) is 0 Å². The molecule has 8 nitrogen and oxygen atoms in total. The zero-order valence-corrected chi connectivity index (χ0v) is 25.1. The first kappa shape index (κ1) is 31.6. The summed E-state index contributed by atoms with van der Waals surface area (Å²) in [5.74, 6) is -0.684. The average molecular weight is 583 g/mol. The Kier molecular flexibility index (Phi) is 11.6. The summed E-state index contributed by atoms with van der Waals surface area (Å²) >= 11 is 0. The summed E-state index contributed by atoms with van der Waals surface area (Å²) < 4.78 is 0. The molecule has 3 aromatic rings. The number of aryl methyl sites for hydroxylation is 1. The predicted octanol–water partition coefficient (Wildman–Crippen LogP) is 5.21. The maximum Gasteiger partial charge on any atom is 0.261 e. The maximum absolute atomic E-state index is 13.6. The number of para-hydroxylation sites is 1. The number of amides is 4. The summed E-state index contributed by atoms with van der Waals surface area (Å²) in [6.07, 6.45) is 4.08. The zero-order chi connectivity index (χ0) is 30.6. The molecule has 0 saturated heterocycles. The van der Waals surface area contributed by atoms with Crippen LogP contribution in [0.1, 0.15) is 72.2 Å². The zero-order valence-electron chi connectivity index (χ0n) is 25.1. The van der Waals surface area contributed by atoms with E-state index in [0.29, 0.717) is 49.2 Å². The van der Waals surface area contributed by atoms with E-state index in [1.165, 1.54) is 4.90 Å². The molecule has 2 atom stereocenters. The quantitative estimate of drug-likeness (QED) is 0.159. The van der Waals surface area contributed by atoms with Crippen molar-refractivity contribution in [3.05, 3.63) is 102 Å². The van der Waals surface area contributed by atoms with Gasteiger partial charge in [0.25, 0.3) is 11.8 Å². The Balaban J connectivity index is 1.30. The number of unbranched alkanes of at least 4 members (excludes halogenated alkanes) is 2. The smallest absolute Gasteiger partial charge is 0.261 e. The first-order chi connectivity index (χ1) is 20.8. The molecule has 0 fully saturated rings. The number of anilines is 1. The molecule has 0 spiro atoms. The second kappa shape index (κ2) is 15.8. The number of hydrogen-bond acceptors (Lipinski definition) is 5. The number of benzene rings is 3. The highest BCUT2D eigenvalue weighted by Gasteiger charge is 2.34. The van der Waals surface area contributed by atoms with E-state index in [1.807, 2.05) is 74.5 Å². The van der Waals surface area contributed by atoms with Crippen LogP contribution in [0.2, 0.25) is 0 Å². The van der Waals surface area contributed by atoms with E-state index in [0.717, 1.165) is 24.8 Å². The highest BCUT2D eigenvalue weighted by molar-refractivity contribution is 6.21. The van der Waals surface area contributed by atoms with Gasteiger partial charge in [-0.15, -0.1) is 0 Å². The van der Waals surface area contributed by atoms with Gasteiger partial charge in [0, 0.05) is 12.2 Å². The fraction of sp³-hybridized carbons (Fsp3) is 0.371. The van der Waals surface area contributed by atoms with Crippen molar-refractivity contribution in [2.75, 3.05) is 18.4 Å². The minimum absolute atomic E-state index is 0.198. The third kappa shape index (κ3) is 9.09. The number of nitrogens with zero attached hydrogens (tertiary/aromatic N) is 1. The van der Waals surface area contributed by atoms with Crippen molar-refractivity contribution >= 4 is 29.3 Å². The van der Waals surface area contributed by atoms with E-state index in [-0.39, 0.29) is 29.5 Å². The van der Waals surface area contributed by atoms with Crippen LogP contribution < -0.4 is 16.0 Å². The van der Waals surface area contributed by atoms with E-state index in [9.17, 15) is 19.2 Å². The molecule has 0 aromatic heterocycles. The van der Waals surface area contributed by atoms with Crippen LogP contribution >= 0.6 is 0 Å². The van der Waals surface area contributed by atoms with Crippen LogP contribution in [0.3, 0.4) is 0 Å². The Hall–Kier alpha value is -4.30. The summed E-state index contributed by atoms with van der Waals surface area (Å²) in [7, 11) is 0. The van der Waals surface area contributed by atoms with Crippen molar-refractivity contribution in [1.82, 2.24) is 15.5 Å². The highest BCUT2D eigenvalue weighted by Crippen LogP contribution is 2.22. The van der Waals surface area contributed by atoms with Gasteiger partial charge in [-0.3, -0.25) is 24.1 Å². The molecular formula is C35H42N4O4. The van der Waals surface area contributed by atoms with E-state index in [1.54, 1.807) is 24.3 Å². The number of carbonyl (C=O) groups excluding carboxylic acids is 4. The lowest BCUT2D eigenvalue weighted by Gasteiger charge is -2.24. The SMILES string of the molecule is CC(C)C[C@H](NC(=O)[C@H](CCc1ccccc1)NCCCCCN1C(=O)c2ccccc2C1=O)C(=O)Nc1ccccc1. The number of carbonyl (C=O) groups is 4. The number of rotatable bonds is 16. The molecule has 226 valence electrons. The summed E-state index contributed by atoms with van der Waals surface area (Å²) in [5, 5.41) is 9.35. The molecule has 0 aliphatic carbocycles. The number of fused-ring (bicyclic) bond motifs is 1. The molecule has 3 N–H and O–H groups in total. The molecule has 4 rings (SSSR count). The fourth-order valence-electron chi connectivity index (χ4n) is 5.30. The second-order valence-corrected chi connectivity index (χ2v) is 11.4. The van der Waals surface area contributed by atoms with Crippen molar-refractivity contribution in [3.8, 4) is 0 Å². The van der Waals surface area contributed by atoms with E-state index >= 15 is 0 Å². The molecule has 8 heteroatoms. The van der Waals surface area contributed by atoms with Crippen molar-refractivity contribution in [3.63, 3.8) is 0 Å². The predicted molar refractivity (Wildman–Crippen MR) is 169 cm³/mol. The summed E-state index contributed by atoms with van der Waals surface area (Å²) in [6.45, 7) is 5.03. The van der Waals surface area contributed by atoms with E-state index in [2.05, 4.69) is 16.0 Å².